The molecule has 3 aromatic rings. The van der Waals surface area contributed by atoms with Crippen LogP contribution < -0.4 is 10.7 Å². The molecule has 0 fully saturated rings. The van der Waals surface area contributed by atoms with Gasteiger partial charge < -0.3 is 15.5 Å². The van der Waals surface area contributed by atoms with Crippen LogP contribution in [-0.4, -0.2) is 27.7 Å². The van der Waals surface area contributed by atoms with Gasteiger partial charge in [0.1, 0.15) is 11.5 Å². The van der Waals surface area contributed by atoms with Crippen LogP contribution in [0, 0.1) is 0 Å². The minimum atomic E-state index is -0.647. The summed E-state index contributed by atoms with van der Waals surface area (Å²) in [7, 11) is 0. The van der Waals surface area contributed by atoms with E-state index in [2.05, 4.69) is 15.8 Å². The molecule has 0 aliphatic heterocycles. The van der Waals surface area contributed by atoms with E-state index in [1.165, 1.54) is 12.1 Å². The van der Waals surface area contributed by atoms with E-state index in [0.717, 1.165) is 16.8 Å². The number of hydrogen-bond donors (Lipinski definition) is 4. The van der Waals surface area contributed by atoms with Crippen LogP contribution in [0.25, 0.3) is 10.8 Å². The highest BCUT2D eigenvalue weighted by Crippen LogP contribution is 2.23. The fraction of sp³-hybridized carbons (Fsp3) is 0.0952. The number of carbonyl (C=O) groups is 2. The van der Waals surface area contributed by atoms with Gasteiger partial charge in [-0.05, 0) is 30.5 Å². The first-order valence-corrected chi connectivity index (χ1v) is 8.57. The maximum atomic E-state index is 12.3. The van der Waals surface area contributed by atoms with Gasteiger partial charge in [-0.25, -0.2) is 5.43 Å². The van der Waals surface area contributed by atoms with Gasteiger partial charge in [0.25, 0.3) is 5.91 Å². The molecule has 7 heteroatoms. The van der Waals surface area contributed by atoms with Crippen LogP contribution in [0.1, 0.15) is 23.7 Å². The van der Waals surface area contributed by atoms with Crippen molar-refractivity contribution in [2.45, 2.75) is 13.3 Å². The van der Waals surface area contributed by atoms with Gasteiger partial charge in [-0.15, -0.1) is 0 Å². The van der Waals surface area contributed by atoms with E-state index < -0.39 is 5.91 Å². The highest BCUT2D eigenvalue weighted by molar-refractivity contribution is 6.09. The molecular weight excluding hydrogens is 358 g/mol. The van der Waals surface area contributed by atoms with E-state index in [1.54, 1.807) is 6.92 Å². The van der Waals surface area contributed by atoms with Crippen molar-refractivity contribution < 1.29 is 19.8 Å². The molecule has 4 N–H and O–H groups in total. The third kappa shape index (κ3) is 4.45. The number of rotatable bonds is 5. The minimum absolute atomic E-state index is 0.00887. The van der Waals surface area contributed by atoms with Crippen molar-refractivity contribution in [3.05, 3.63) is 66.2 Å². The van der Waals surface area contributed by atoms with Crippen LogP contribution in [0.2, 0.25) is 0 Å². The predicted octanol–water partition coefficient (Wildman–Crippen LogP) is 3.39. The van der Waals surface area contributed by atoms with Crippen LogP contribution in [-0.2, 0) is 4.79 Å². The Morgan fingerprint density at radius 3 is 2.54 bits per heavy atom. The molecule has 0 saturated carbocycles. The number of fused-ring (bicyclic) bond motifs is 1. The summed E-state index contributed by atoms with van der Waals surface area (Å²) in [5.74, 6) is -1.43. The van der Waals surface area contributed by atoms with Gasteiger partial charge in [0, 0.05) is 22.9 Å². The van der Waals surface area contributed by atoms with E-state index in [0.29, 0.717) is 11.4 Å². The Balaban J connectivity index is 1.62. The monoisotopic (exact) mass is 377 g/mol. The number of benzene rings is 3. The second-order valence-corrected chi connectivity index (χ2v) is 6.24. The summed E-state index contributed by atoms with van der Waals surface area (Å²) in [6.07, 6.45) is -0.00887. The van der Waals surface area contributed by atoms with Gasteiger partial charge in [-0.1, -0.05) is 36.4 Å². The molecule has 0 atom stereocenters. The van der Waals surface area contributed by atoms with Crippen molar-refractivity contribution in [2.75, 3.05) is 5.32 Å². The Morgan fingerprint density at radius 2 is 1.75 bits per heavy atom. The number of phenols is 2. The van der Waals surface area contributed by atoms with Crippen LogP contribution in [0.4, 0.5) is 5.69 Å². The third-order valence-corrected chi connectivity index (χ3v) is 4.05. The molecule has 0 bridgehead atoms. The lowest BCUT2D eigenvalue weighted by Crippen LogP contribution is -2.21. The number of amides is 2. The molecule has 0 unspecified atom stereocenters. The molecule has 3 aromatic carbocycles. The molecule has 0 aliphatic rings. The van der Waals surface area contributed by atoms with E-state index in [1.807, 2.05) is 42.5 Å². The molecule has 7 nitrogen and oxygen atoms in total. The van der Waals surface area contributed by atoms with Crippen molar-refractivity contribution in [3.63, 3.8) is 0 Å². The zero-order chi connectivity index (χ0) is 20.1. The molecule has 0 heterocycles. The Hall–Kier alpha value is -3.87. The minimum Gasteiger partial charge on any atom is -0.508 e. The summed E-state index contributed by atoms with van der Waals surface area (Å²) in [6, 6.07) is 17.0. The van der Waals surface area contributed by atoms with Gasteiger partial charge in [0.15, 0.2) is 0 Å². The first-order chi connectivity index (χ1) is 13.4. The smallest absolute Gasteiger partial charge is 0.275 e. The number of aromatic hydroxyl groups is 2. The molecule has 3 rings (SSSR count). The Kier molecular flexibility index (Phi) is 5.55. The fourth-order valence-corrected chi connectivity index (χ4v) is 2.72. The van der Waals surface area contributed by atoms with Gasteiger partial charge in [-0.2, -0.15) is 5.10 Å². The van der Waals surface area contributed by atoms with Crippen molar-refractivity contribution in [1.29, 1.82) is 0 Å². The SMILES string of the molecule is C/C(CC(=O)Nc1cccc2ccccc12)=N\NC(=O)c1ccc(O)cc1O. The zero-order valence-electron chi connectivity index (χ0n) is 15.1. The zero-order valence-corrected chi connectivity index (χ0v) is 15.1. The van der Waals surface area contributed by atoms with Gasteiger partial charge in [-0.3, -0.25) is 9.59 Å². The fourth-order valence-electron chi connectivity index (χ4n) is 2.72. The lowest BCUT2D eigenvalue weighted by Gasteiger charge is -2.09. The average molecular weight is 377 g/mol. The number of hydrazone groups is 1. The molecule has 142 valence electrons. The lowest BCUT2D eigenvalue weighted by atomic mass is 10.1. The van der Waals surface area contributed by atoms with Crippen molar-refractivity contribution >= 4 is 34.0 Å². The van der Waals surface area contributed by atoms with Crippen molar-refractivity contribution in [1.82, 2.24) is 5.43 Å². The summed E-state index contributed by atoms with van der Waals surface area (Å²) >= 11 is 0. The van der Waals surface area contributed by atoms with Gasteiger partial charge >= 0.3 is 0 Å². The number of nitrogens with zero attached hydrogens (tertiary/aromatic N) is 1. The van der Waals surface area contributed by atoms with Crippen molar-refractivity contribution in [2.24, 2.45) is 5.10 Å². The van der Waals surface area contributed by atoms with E-state index >= 15 is 0 Å². The van der Waals surface area contributed by atoms with Crippen LogP contribution in [0.15, 0.2) is 65.8 Å². The number of hydrogen-bond acceptors (Lipinski definition) is 5. The first-order valence-electron chi connectivity index (χ1n) is 8.57. The highest BCUT2D eigenvalue weighted by Gasteiger charge is 2.12. The maximum absolute atomic E-state index is 12.3. The topological polar surface area (TPSA) is 111 Å². The van der Waals surface area contributed by atoms with Crippen molar-refractivity contribution in [3.8, 4) is 11.5 Å². The summed E-state index contributed by atoms with van der Waals surface area (Å²) in [4.78, 5) is 24.3. The van der Waals surface area contributed by atoms with Crippen LogP contribution in [0.3, 0.4) is 0 Å². The Labute approximate surface area is 161 Å². The molecule has 28 heavy (non-hydrogen) atoms. The third-order valence-electron chi connectivity index (χ3n) is 4.05. The second-order valence-electron chi connectivity index (χ2n) is 6.24. The molecule has 0 radical (unpaired) electrons. The van der Waals surface area contributed by atoms with E-state index in [4.69, 9.17) is 0 Å². The number of anilines is 1. The normalized spacial score (nSPS) is 11.2. The van der Waals surface area contributed by atoms with Gasteiger partial charge in [0.05, 0.1) is 12.0 Å². The molecule has 0 spiro atoms. The number of phenolic OH excluding ortho intramolecular Hbond substituents is 2. The molecule has 0 aliphatic carbocycles. The number of nitrogens with one attached hydrogen (secondary N) is 2. The summed E-state index contributed by atoms with van der Waals surface area (Å²) in [5.41, 5.74) is 3.35. The Bertz CT molecular complexity index is 1070. The largest absolute Gasteiger partial charge is 0.508 e. The summed E-state index contributed by atoms with van der Waals surface area (Å²) in [6.45, 7) is 1.61. The highest BCUT2D eigenvalue weighted by atomic mass is 16.3. The van der Waals surface area contributed by atoms with Crippen LogP contribution >= 0.6 is 0 Å². The quantitative estimate of drug-likeness (QED) is 0.403. The predicted molar refractivity (Wildman–Crippen MR) is 108 cm³/mol. The molecular formula is C21H19N3O4. The maximum Gasteiger partial charge on any atom is 0.275 e. The standard InChI is InChI=1S/C21H19N3O4/c1-13(23-24-21(28)17-10-9-15(25)12-19(17)26)11-20(27)22-18-8-4-6-14-5-2-3-7-16(14)18/h2-10,12,25-26H,11H2,1H3,(H,22,27)(H,24,28)/b23-13+. The molecule has 0 aromatic heterocycles. The first kappa shape index (κ1) is 18.9. The summed E-state index contributed by atoms with van der Waals surface area (Å²) < 4.78 is 0. The van der Waals surface area contributed by atoms with E-state index in [9.17, 15) is 19.8 Å². The summed E-state index contributed by atoms with van der Waals surface area (Å²) in [5, 5.41) is 27.6. The van der Waals surface area contributed by atoms with E-state index in [-0.39, 0.29) is 29.4 Å². The molecule has 2 amide bonds. The average Bonchev–Trinajstić information content (AvgIpc) is 2.66. The van der Waals surface area contributed by atoms with Gasteiger partial charge in [0.2, 0.25) is 5.91 Å². The lowest BCUT2D eigenvalue weighted by molar-refractivity contribution is -0.115. The second kappa shape index (κ2) is 8.22. The number of carbonyl (C=O) groups excluding carboxylic acids is 2. The van der Waals surface area contributed by atoms with Crippen LogP contribution in [0.5, 0.6) is 11.5 Å². The molecule has 0 saturated heterocycles. The Morgan fingerprint density at radius 1 is 1.00 bits per heavy atom.